The average molecular weight is 855 g/mol. The minimum absolute atomic E-state index is 0.891. The van der Waals surface area contributed by atoms with E-state index in [0.29, 0.717) is 0 Å². The summed E-state index contributed by atoms with van der Waals surface area (Å²) in [5.74, 6) is 0. The van der Waals surface area contributed by atoms with Gasteiger partial charge in [-0.1, -0.05) is 188 Å². The third-order valence-corrected chi connectivity index (χ3v) is 13.4. The van der Waals surface area contributed by atoms with Crippen LogP contribution in [-0.4, -0.2) is 4.57 Å². The molecule has 0 bridgehead atoms. The fourth-order valence-corrected chi connectivity index (χ4v) is 10.4. The molecule has 0 fully saturated rings. The lowest BCUT2D eigenvalue weighted by Gasteiger charge is -2.29. The van der Waals surface area contributed by atoms with Gasteiger partial charge in [-0.3, -0.25) is 0 Å². The van der Waals surface area contributed by atoms with Crippen LogP contribution in [0.3, 0.4) is 0 Å². The summed E-state index contributed by atoms with van der Waals surface area (Å²) in [4.78, 5) is 2.43. The third-order valence-electron chi connectivity index (χ3n) is 13.4. The Kier molecular flexibility index (Phi) is 9.17. The summed E-state index contributed by atoms with van der Waals surface area (Å²) in [5.41, 5.74) is 17.8. The van der Waals surface area contributed by atoms with Crippen LogP contribution >= 0.6 is 0 Å². The summed E-state index contributed by atoms with van der Waals surface area (Å²) in [6.07, 6.45) is 0. The van der Waals surface area contributed by atoms with Crippen molar-refractivity contribution in [1.82, 2.24) is 4.57 Å². The van der Waals surface area contributed by atoms with Crippen LogP contribution in [0.1, 0.15) is 0 Å². The van der Waals surface area contributed by atoms with Crippen LogP contribution in [0, 0.1) is 0 Å². The van der Waals surface area contributed by atoms with Gasteiger partial charge < -0.3 is 13.9 Å². The normalized spacial score (nSPS) is 11.6. The lowest BCUT2D eigenvalue weighted by atomic mass is 9.90. The second-order valence-electron chi connectivity index (χ2n) is 17.2. The first kappa shape index (κ1) is 38.5. The van der Waals surface area contributed by atoms with Gasteiger partial charge in [0.15, 0.2) is 0 Å². The summed E-state index contributed by atoms with van der Waals surface area (Å²) in [6.45, 7) is 0. The topological polar surface area (TPSA) is 21.3 Å². The van der Waals surface area contributed by atoms with Crippen molar-refractivity contribution < 1.29 is 4.42 Å². The molecule has 0 aliphatic rings. The molecule has 0 unspecified atom stereocenters. The number of hydrogen-bond acceptors (Lipinski definition) is 2. The molecule has 0 aliphatic carbocycles. The maximum absolute atomic E-state index is 6.32. The molecule has 2 aromatic heterocycles. The molecular weight excluding hydrogens is 813 g/mol. The highest BCUT2D eigenvalue weighted by Crippen LogP contribution is 2.46. The lowest BCUT2D eigenvalue weighted by Crippen LogP contribution is -2.11. The Hall–Kier alpha value is -8.92. The van der Waals surface area contributed by atoms with Crippen LogP contribution in [0.4, 0.5) is 17.1 Å². The van der Waals surface area contributed by atoms with Crippen molar-refractivity contribution in [3.8, 4) is 50.2 Å². The van der Waals surface area contributed by atoms with Crippen molar-refractivity contribution in [2.45, 2.75) is 0 Å². The van der Waals surface area contributed by atoms with E-state index in [9.17, 15) is 0 Å². The Balaban J connectivity index is 1.00. The second-order valence-corrected chi connectivity index (χ2v) is 17.2. The highest BCUT2D eigenvalue weighted by atomic mass is 16.3. The van der Waals surface area contributed by atoms with Crippen LogP contribution in [0.25, 0.3) is 105 Å². The molecule has 13 rings (SSSR count). The van der Waals surface area contributed by atoms with E-state index in [2.05, 4.69) is 252 Å². The van der Waals surface area contributed by atoms with Crippen molar-refractivity contribution in [3.63, 3.8) is 0 Å². The number of para-hydroxylation sites is 4. The van der Waals surface area contributed by atoms with Crippen molar-refractivity contribution in [2.75, 3.05) is 4.90 Å². The van der Waals surface area contributed by atoms with E-state index < -0.39 is 0 Å². The Bertz CT molecular complexity index is 3970. The van der Waals surface area contributed by atoms with E-state index in [-0.39, 0.29) is 0 Å². The SMILES string of the molecule is c1ccc(-c2cccc3cccc(-c4ccccc4N(c4ccc(-c5cccc6oc7ccccc7c56)cc4)c4cccc(-c5ccc6c7ccccc7n(-c7ccccc7)c6c5)c4)c23)cc1. The van der Waals surface area contributed by atoms with E-state index in [1.807, 2.05) is 12.1 Å². The minimum atomic E-state index is 0.891. The van der Waals surface area contributed by atoms with Crippen molar-refractivity contribution >= 4 is 71.6 Å². The predicted octanol–water partition coefficient (Wildman–Crippen LogP) is 18.0. The van der Waals surface area contributed by atoms with Crippen LogP contribution < -0.4 is 4.90 Å². The fraction of sp³-hybridized carbons (Fsp3) is 0. The number of furan rings is 1. The summed E-state index contributed by atoms with van der Waals surface area (Å²) in [6, 6.07) is 92.0. The monoisotopic (exact) mass is 854 g/mol. The zero-order valence-corrected chi connectivity index (χ0v) is 36.6. The summed E-state index contributed by atoms with van der Waals surface area (Å²) in [5, 5.41) is 7.17. The Morgan fingerprint density at radius 3 is 1.72 bits per heavy atom. The van der Waals surface area contributed by atoms with Crippen LogP contribution in [0.5, 0.6) is 0 Å². The van der Waals surface area contributed by atoms with Gasteiger partial charge in [-0.15, -0.1) is 0 Å². The summed E-state index contributed by atoms with van der Waals surface area (Å²) in [7, 11) is 0. The van der Waals surface area contributed by atoms with Crippen LogP contribution in [0.15, 0.2) is 259 Å². The number of nitrogens with zero attached hydrogens (tertiary/aromatic N) is 2. The molecule has 13 aromatic rings. The minimum Gasteiger partial charge on any atom is -0.456 e. The van der Waals surface area contributed by atoms with Gasteiger partial charge >= 0.3 is 0 Å². The zero-order chi connectivity index (χ0) is 44.3. The van der Waals surface area contributed by atoms with Gasteiger partial charge in [0, 0.05) is 44.2 Å². The Morgan fingerprint density at radius 1 is 0.313 bits per heavy atom. The molecular formula is C64H42N2O. The molecule has 11 aromatic carbocycles. The number of benzene rings is 11. The van der Waals surface area contributed by atoms with Gasteiger partial charge in [0.1, 0.15) is 11.2 Å². The highest BCUT2D eigenvalue weighted by molar-refractivity contribution is 6.13. The van der Waals surface area contributed by atoms with Crippen molar-refractivity contribution in [2.24, 2.45) is 0 Å². The van der Waals surface area contributed by atoms with Gasteiger partial charge in [0.05, 0.1) is 16.7 Å². The first-order valence-electron chi connectivity index (χ1n) is 22.9. The number of fused-ring (bicyclic) bond motifs is 7. The molecule has 314 valence electrons. The summed E-state index contributed by atoms with van der Waals surface area (Å²) >= 11 is 0. The van der Waals surface area contributed by atoms with E-state index in [4.69, 9.17) is 4.42 Å². The highest BCUT2D eigenvalue weighted by Gasteiger charge is 2.22. The number of rotatable bonds is 8. The molecule has 0 aliphatic heterocycles. The predicted molar refractivity (Wildman–Crippen MR) is 282 cm³/mol. The third kappa shape index (κ3) is 6.51. The van der Waals surface area contributed by atoms with Gasteiger partial charge in [-0.25, -0.2) is 0 Å². The molecule has 0 radical (unpaired) electrons. The molecule has 0 atom stereocenters. The molecule has 67 heavy (non-hydrogen) atoms. The molecule has 3 nitrogen and oxygen atoms in total. The Morgan fingerprint density at radius 2 is 0.881 bits per heavy atom. The summed E-state index contributed by atoms with van der Waals surface area (Å²) < 4.78 is 8.71. The van der Waals surface area contributed by atoms with E-state index in [0.717, 1.165) is 72.5 Å². The number of aromatic nitrogens is 1. The molecule has 3 heteroatoms. The van der Waals surface area contributed by atoms with Crippen molar-refractivity contribution in [3.05, 3.63) is 255 Å². The molecule has 0 saturated carbocycles. The molecule has 0 saturated heterocycles. The first-order valence-corrected chi connectivity index (χ1v) is 22.9. The van der Waals surface area contributed by atoms with Crippen LogP contribution in [-0.2, 0) is 0 Å². The van der Waals surface area contributed by atoms with Crippen LogP contribution in [0.2, 0.25) is 0 Å². The smallest absolute Gasteiger partial charge is 0.136 e. The maximum Gasteiger partial charge on any atom is 0.136 e. The first-order chi connectivity index (χ1) is 33.2. The van der Waals surface area contributed by atoms with E-state index in [1.54, 1.807) is 0 Å². The zero-order valence-electron chi connectivity index (χ0n) is 36.6. The quantitative estimate of drug-likeness (QED) is 0.152. The van der Waals surface area contributed by atoms with Gasteiger partial charge in [-0.2, -0.15) is 0 Å². The van der Waals surface area contributed by atoms with E-state index >= 15 is 0 Å². The Labute approximate surface area is 388 Å². The van der Waals surface area contributed by atoms with Gasteiger partial charge in [0.2, 0.25) is 0 Å². The molecule has 0 amide bonds. The second kappa shape index (κ2) is 16.0. The average Bonchev–Trinajstić information content (AvgIpc) is 3.95. The molecule has 0 spiro atoms. The largest absolute Gasteiger partial charge is 0.456 e. The van der Waals surface area contributed by atoms with E-state index in [1.165, 1.54) is 49.3 Å². The van der Waals surface area contributed by atoms with Gasteiger partial charge in [-0.05, 0) is 116 Å². The standard InChI is InChI=1S/C64H42N2O/c1-3-17-43(18-4-1)51-28-14-19-45-20-15-30-56(63(45)51)54-26-8-10-31-58(54)65(49-38-35-44(36-39-49)52-29-16-34-62-64(52)57-27-9-12-33-61(57)67-62)50-24-13-21-46(41-50)47-37-40-55-53-25-7-11-32-59(53)66(60(55)42-47)48-22-5-2-6-23-48/h1-42H. The fourth-order valence-electron chi connectivity index (χ4n) is 10.4. The number of hydrogen-bond donors (Lipinski definition) is 0. The molecule has 0 N–H and O–H groups in total. The van der Waals surface area contributed by atoms with Crippen molar-refractivity contribution in [1.29, 1.82) is 0 Å². The lowest BCUT2D eigenvalue weighted by molar-refractivity contribution is 0.669. The van der Waals surface area contributed by atoms with Gasteiger partial charge in [0.25, 0.3) is 0 Å². The maximum atomic E-state index is 6.32. The number of anilines is 3. The molecule has 2 heterocycles.